The maximum absolute atomic E-state index is 13.8. The Kier molecular flexibility index (Phi) is 7.18. The number of hydrogen-bond donors (Lipinski definition) is 2. The summed E-state index contributed by atoms with van der Waals surface area (Å²) < 4.78 is 40.6. The van der Waals surface area contributed by atoms with Crippen molar-refractivity contribution in [3.63, 3.8) is 0 Å². The first-order valence-electron chi connectivity index (χ1n) is 6.49. The average Bonchev–Trinajstić information content (AvgIpc) is 2.43. The largest absolute Gasteiger partial charge is 0.320 e. The minimum atomic E-state index is -3.73. The first kappa shape index (κ1) is 18.0. The molecule has 0 heterocycles. The molecular formula is C14H19FN2O2S2. The Morgan fingerprint density at radius 2 is 2.19 bits per heavy atom. The molecule has 0 bridgehead atoms. The van der Waals surface area contributed by atoms with Gasteiger partial charge in [-0.05, 0) is 30.9 Å². The van der Waals surface area contributed by atoms with E-state index in [4.69, 9.17) is 5.73 Å². The molecular weight excluding hydrogens is 311 g/mol. The molecule has 4 nitrogen and oxygen atoms in total. The number of sulfonamides is 1. The van der Waals surface area contributed by atoms with E-state index in [2.05, 4.69) is 16.6 Å². The second kappa shape index (κ2) is 8.39. The molecule has 0 saturated heterocycles. The van der Waals surface area contributed by atoms with Crippen molar-refractivity contribution in [1.82, 2.24) is 4.72 Å². The van der Waals surface area contributed by atoms with Crippen molar-refractivity contribution in [2.24, 2.45) is 5.73 Å². The van der Waals surface area contributed by atoms with Crippen molar-refractivity contribution in [1.29, 1.82) is 0 Å². The van der Waals surface area contributed by atoms with Crippen molar-refractivity contribution >= 4 is 21.8 Å². The third-order valence-electron chi connectivity index (χ3n) is 2.50. The zero-order chi connectivity index (χ0) is 15.9. The topological polar surface area (TPSA) is 72.2 Å². The van der Waals surface area contributed by atoms with Crippen molar-refractivity contribution in [2.75, 3.05) is 18.1 Å². The Morgan fingerprint density at radius 1 is 1.48 bits per heavy atom. The molecule has 7 heteroatoms. The van der Waals surface area contributed by atoms with Gasteiger partial charge in [-0.15, -0.1) is 0 Å². The summed E-state index contributed by atoms with van der Waals surface area (Å²) in [7, 11) is -3.73. The Labute approximate surface area is 129 Å². The second-order valence-corrected chi connectivity index (χ2v) is 7.36. The van der Waals surface area contributed by atoms with E-state index in [1.54, 1.807) is 18.7 Å². The number of halogens is 1. The molecule has 1 aromatic carbocycles. The summed E-state index contributed by atoms with van der Waals surface area (Å²) in [4.78, 5) is -0.105. The lowest BCUT2D eigenvalue weighted by atomic mass is 10.2. The molecule has 0 saturated carbocycles. The van der Waals surface area contributed by atoms with Gasteiger partial charge in [0.1, 0.15) is 5.82 Å². The monoisotopic (exact) mass is 330 g/mol. The van der Waals surface area contributed by atoms with Gasteiger partial charge >= 0.3 is 0 Å². The smallest absolute Gasteiger partial charge is 0.240 e. The van der Waals surface area contributed by atoms with Crippen molar-refractivity contribution in [3.8, 4) is 11.8 Å². The van der Waals surface area contributed by atoms with Crippen LogP contribution in [0.5, 0.6) is 0 Å². The van der Waals surface area contributed by atoms with Gasteiger partial charge in [-0.1, -0.05) is 18.8 Å². The summed E-state index contributed by atoms with van der Waals surface area (Å²) in [6.45, 7) is 3.90. The lowest BCUT2D eigenvalue weighted by Crippen LogP contribution is -2.34. The Bertz CT molecular complexity index is 636. The Hall–Kier alpha value is -1.07. The fourth-order valence-electron chi connectivity index (χ4n) is 1.57. The van der Waals surface area contributed by atoms with Gasteiger partial charge in [0.25, 0.3) is 0 Å². The lowest BCUT2D eigenvalue weighted by molar-refractivity contribution is 0.567. The van der Waals surface area contributed by atoms with Gasteiger partial charge in [0, 0.05) is 11.8 Å². The van der Waals surface area contributed by atoms with E-state index < -0.39 is 15.8 Å². The summed E-state index contributed by atoms with van der Waals surface area (Å²) in [5.74, 6) is 5.99. The molecule has 1 atom stereocenters. The molecule has 1 unspecified atom stereocenters. The van der Waals surface area contributed by atoms with E-state index >= 15 is 0 Å². The zero-order valence-corrected chi connectivity index (χ0v) is 13.7. The van der Waals surface area contributed by atoms with E-state index in [0.717, 1.165) is 11.8 Å². The SMILES string of the molecule is CCSCC(C)NS(=O)(=O)c1ccc(C#CCN)c(F)c1. The number of nitrogens with one attached hydrogen (secondary N) is 1. The molecule has 1 aromatic rings. The van der Waals surface area contributed by atoms with Crippen LogP contribution in [-0.4, -0.2) is 32.5 Å². The highest BCUT2D eigenvalue weighted by Crippen LogP contribution is 2.15. The quantitative estimate of drug-likeness (QED) is 0.777. The predicted octanol–water partition coefficient (Wildman–Crippen LogP) is 1.56. The number of thioether (sulfide) groups is 1. The van der Waals surface area contributed by atoms with Crippen LogP contribution >= 0.6 is 11.8 Å². The maximum atomic E-state index is 13.8. The maximum Gasteiger partial charge on any atom is 0.240 e. The fourth-order valence-corrected chi connectivity index (χ4v) is 3.61. The summed E-state index contributed by atoms with van der Waals surface area (Å²) in [6.07, 6.45) is 0. The van der Waals surface area contributed by atoms with Crippen LogP contribution in [-0.2, 0) is 10.0 Å². The summed E-state index contributed by atoms with van der Waals surface area (Å²) in [5.41, 5.74) is 5.35. The minimum absolute atomic E-state index is 0.105. The summed E-state index contributed by atoms with van der Waals surface area (Å²) >= 11 is 1.64. The van der Waals surface area contributed by atoms with Gasteiger partial charge in [-0.3, -0.25) is 0 Å². The first-order valence-corrected chi connectivity index (χ1v) is 9.13. The molecule has 0 spiro atoms. The fraction of sp³-hybridized carbons (Fsp3) is 0.429. The molecule has 116 valence electrons. The number of rotatable bonds is 6. The van der Waals surface area contributed by atoms with E-state index in [1.807, 2.05) is 6.92 Å². The van der Waals surface area contributed by atoms with Crippen LogP contribution in [0, 0.1) is 17.7 Å². The molecule has 0 aliphatic heterocycles. The number of benzene rings is 1. The summed E-state index contributed by atoms with van der Waals surface area (Å²) in [5, 5.41) is 0. The number of hydrogen-bond acceptors (Lipinski definition) is 4. The van der Waals surface area contributed by atoms with Crippen molar-refractivity contribution in [3.05, 3.63) is 29.6 Å². The predicted molar refractivity (Wildman–Crippen MR) is 85.1 cm³/mol. The van der Waals surface area contributed by atoms with Gasteiger partial charge < -0.3 is 5.73 Å². The highest BCUT2D eigenvalue weighted by atomic mass is 32.2. The number of nitrogens with two attached hydrogens (primary N) is 1. The third kappa shape index (κ3) is 5.67. The third-order valence-corrected chi connectivity index (χ3v) is 5.24. The molecule has 3 N–H and O–H groups in total. The van der Waals surface area contributed by atoms with Crippen LogP contribution < -0.4 is 10.5 Å². The van der Waals surface area contributed by atoms with Gasteiger partial charge in [-0.25, -0.2) is 17.5 Å². The highest BCUT2D eigenvalue weighted by Gasteiger charge is 2.18. The molecule has 0 radical (unpaired) electrons. The molecule has 1 rings (SSSR count). The van der Waals surface area contributed by atoms with Gasteiger partial charge in [0.15, 0.2) is 0 Å². The van der Waals surface area contributed by atoms with Crippen LogP contribution in [0.4, 0.5) is 4.39 Å². The highest BCUT2D eigenvalue weighted by molar-refractivity contribution is 7.99. The van der Waals surface area contributed by atoms with E-state index in [9.17, 15) is 12.8 Å². The molecule has 0 aliphatic rings. The molecule has 21 heavy (non-hydrogen) atoms. The van der Waals surface area contributed by atoms with E-state index in [1.165, 1.54) is 12.1 Å². The van der Waals surface area contributed by atoms with E-state index in [-0.39, 0.29) is 23.0 Å². The first-order chi connectivity index (χ1) is 9.90. The molecule has 0 amide bonds. The van der Waals surface area contributed by atoms with Crippen LogP contribution in [0.1, 0.15) is 19.4 Å². The minimum Gasteiger partial charge on any atom is -0.320 e. The standard InChI is InChI=1S/C14H19FN2O2S2/c1-3-20-10-11(2)17-21(18,19)13-7-6-12(5-4-8-16)14(15)9-13/h6-7,9,11,17H,3,8,10,16H2,1-2H3. The van der Waals surface area contributed by atoms with Gasteiger partial charge in [-0.2, -0.15) is 11.8 Å². The van der Waals surface area contributed by atoms with Crippen LogP contribution in [0.2, 0.25) is 0 Å². The van der Waals surface area contributed by atoms with Crippen LogP contribution in [0.25, 0.3) is 0 Å². The molecule has 0 fully saturated rings. The Balaban J connectivity index is 2.91. The van der Waals surface area contributed by atoms with Gasteiger partial charge in [0.05, 0.1) is 17.0 Å². The van der Waals surface area contributed by atoms with Gasteiger partial charge in [0.2, 0.25) is 10.0 Å². The van der Waals surface area contributed by atoms with Crippen molar-refractivity contribution in [2.45, 2.75) is 24.8 Å². The molecule has 0 aliphatic carbocycles. The Morgan fingerprint density at radius 3 is 2.76 bits per heavy atom. The zero-order valence-electron chi connectivity index (χ0n) is 12.0. The average molecular weight is 330 g/mol. The lowest BCUT2D eigenvalue weighted by Gasteiger charge is -2.13. The van der Waals surface area contributed by atoms with E-state index in [0.29, 0.717) is 5.75 Å². The normalized spacial score (nSPS) is 12.6. The van der Waals surface area contributed by atoms with Crippen molar-refractivity contribution < 1.29 is 12.8 Å². The molecule has 0 aromatic heterocycles. The second-order valence-electron chi connectivity index (χ2n) is 4.33. The summed E-state index contributed by atoms with van der Waals surface area (Å²) in [6, 6.07) is 3.44. The van der Waals surface area contributed by atoms with Crippen LogP contribution in [0.15, 0.2) is 23.1 Å². The van der Waals surface area contributed by atoms with Crippen LogP contribution in [0.3, 0.4) is 0 Å².